The number of rotatable bonds is 4. The molecular formula is C22H28N4O. The number of aryl methyl sites for hydroxylation is 1. The zero-order chi connectivity index (χ0) is 18.6. The number of carbonyl (C=O) groups excluding carboxylic acids is 1. The third-order valence-electron chi connectivity index (χ3n) is 6.05. The molecule has 0 aliphatic carbocycles. The normalized spacial score (nSPS) is 21.5. The van der Waals surface area contributed by atoms with E-state index in [4.69, 9.17) is 0 Å². The van der Waals surface area contributed by atoms with Crippen LogP contribution in [0, 0.1) is 18.8 Å². The minimum Gasteiger partial charge on any atom is -0.337 e. The second-order valence-corrected chi connectivity index (χ2v) is 7.94. The minimum atomic E-state index is 0.0928. The first kappa shape index (κ1) is 18.1. The molecule has 4 heterocycles. The number of aromatic nitrogens is 2. The van der Waals surface area contributed by atoms with Crippen molar-refractivity contribution in [2.45, 2.75) is 32.7 Å². The zero-order valence-corrected chi connectivity index (χ0v) is 16.1. The summed E-state index contributed by atoms with van der Waals surface area (Å²) >= 11 is 0. The molecule has 5 nitrogen and oxygen atoms in total. The van der Waals surface area contributed by atoms with Gasteiger partial charge >= 0.3 is 0 Å². The summed E-state index contributed by atoms with van der Waals surface area (Å²) in [5.74, 6) is 1.47. The van der Waals surface area contributed by atoms with E-state index in [1.165, 1.54) is 18.4 Å². The van der Waals surface area contributed by atoms with Crippen LogP contribution in [0.3, 0.4) is 0 Å². The Morgan fingerprint density at radius 2 is 1.89 bits per heavy atom. The molecule has 2 fully saturated rings. The van der Waals surface area contributed by atoms with E-state index >= 15 is 0 Å². The Bertz CT molecular complexity index is 771. The van der Waals surface area contributed by atoms with Crippen molar-refractivity contribution in [3.63, 3.8) is 0 Å². The van der Waals surface area contributed by atoms with Crippen LogP contribution in [0.5, 0.6) is 0 Å². The van der Waals surface area contributed by atoms with Crippen LogP contribution in [-0.4, -0.2) is 51.9 Å². The summed E-state index contributed by atoms with van der Waals surface area (Å²) < 4.78 is 0. The van der Waals surface area contributed by atoms with Crippen LogP contribution in [0.2, 0.25) is 0 Å². The fourth-order valence-electron chi connectivity index (χ4n) is 4.51. The second kappa shape index (κ2) is 8.17. The SMILES string of the molecule is Cc1cccc(C(=O)N2CC[C@@H](C3CCN(Cc4cccnc4)CC3)C2)n1. The molecule has 2 aliphatic rings. The summed E-state index contributed by atoms with van der Waals surface area (Å²) in [6.07, 6.45) is 7.39. The molecule has 0 unspecified atom stereocenters. The molecule has 2 aromatic heterocycles. The number of hydrogen-bond donors (Lipinski definition) is 0. The Morgan fingerprint density at radius 1 is 1.07 bits per heavy atom. The Morgan fingerprint density at radius 3 is 2.63 bits per heavy atom. The highest BCUT2D eigenvalue weighted by Gasteiger charge is 2.34. The van der Waals surface area contributed by atoms with Gasteiger partial charge in [0.05, 0.1) is 0 Å². The molecule has 142 valence electrons. The Hall–Kier alpha value is -2.27. The summed E-state index contributed by atoms with van der Waals surface area (Å²) in [6, 6.07) is 9.84. The van der Waals surface area contributed by atoms with E-state index in [2.05, 4.69) is 20.9 Å². The lowest BCUT2D eigenvalue weighted by atomic mass is 9.83. The number of carbonyl (C=O) groups is 1. The zero-order valence-electron chi connectivity index (χ0n) is 16.1. The molecule has 0 aromatic carbocycles. The van der Waals surface area contributed by atoms with Crippen LogP contribution in [0.4, 0.5) is 0 Å². The molecule has 0 N–H and O–H groups in total. The maximum absolute atomic E-state index is 12.7. The van der Waals surface area contributed by atoms with Crippen molar-refractivity contribution in [1.29, 1.82) is 0 Å². The van der Waals surface area contributed by atoms with Crippen LogP contribution < -0.4 is 0 Å². The number of nitrogens with zero attached hydrogens (tertiary/aromatic N) is 4. The number of hydrogen-bond acceptors (Lipinski definition) is 4. The van der Waals surface area contributed by atoms with E-state index in [0.717, 1.165) is 50.8 Å². The van der Waals surface area contributed by atoms with E-state index in [1.807, 2.05) is 48.5 Å². The van der Waals surface area contributed by atoms with Crippen LogP contribution in [0.15, 0.2) is 42.7 Å². The van der Waals surface area contributed by atoms with E-state index in [0.29, 0.717) is 11.6 Å². The van der Waals surface area contributed by atoms with Crippen LogP contribution >= 0.6 is 0 Å². The van der Waals surface area contributed by atoms with Crippen molar-refractivity contribution in [2.24, 2.45) is 11.8 Å². The van der Waals surface area contributed by atoms with Gasteiger partial charge in [-0.15, -0.1) is 0 Å². The number of pyridine rings is 2. The lowest BCUT2D eigenvalue weighted by molar-refractivity contribution is 0.0767. The summed E-state index contributed by atoms with van der Waals surface area (Å²) in [5, 5.41) is 0. The van der Waals surface area contributed by atoms with Gasteiger partial charge in [-0.25, -0.2) is 4.98 Å². The highest BCUT2D eigenvalue weighted by molar-refractivity contribution is 5.92. The summed E-state index contributed by atoms with van der Waals surface area (Å²) in [5.41, 5.74) is 2.78. The van der Waals surface area contributed by atoms with Gasteiger partial charge in [0.2, 0.25) is 0 Å². The standard InChI is InChI=1S/C22H28N4O/c1-17-4-2-6-21(24-17)22(27)26-13-9-20(16-26)19-7-11-25(12-8-19)15-18-5-3-10-23-14-18/h2-6,10,14,19-20H,7-9,11-13,15-16H2,1H3/t20-/m1/s1. The average Bonchev–Trinajstić information content (AvgIpc) is 3.19. The van der Waals surface area contributed by atoms with Crippen molar-refractivity contribution in [3.05, 3.63) is 59.7 Å². The van der Waals surface area contributed by atoms with Gasteiger partial charge in [0.15, 0.2) is 0 Å². The van der Waals surface area contributed by atoms with Crippen LogP contribution in [0.1, 0.15) is 41.0 Å². The first-order valence-corrected chi connectivity index (χ1v) is 10.0. The largest absolute Gasteiger partial charge is 0.337 e. The third-order valence-corrected chi connectivity index (χ3v) is 6.05. The maximum atomic E-state index is 12.7. The Kier molecular flexibility index (Phi) is 5.48. The minimum absolute atomic E-state index is 0.0928. The second-order valence-electron chi connectivity index (χ2n) is 7.94. The predicted octanol–water partition coefficient (Wildman–Crippen LogP) is 3.16. The quantitative estimate of drug-likeness (QED) is 0.836. The van der Waals surface area contributed by atoms with Gasteiger partial charge in [-0.1, -0.05) is 12.1 Å². The summed E-state index contributed by atoms with van der Waals surface area (Å²) in [6.45, 7) is 6.97. The van der Waals surface area contributed by atoms with Gasteiger partial charge in [-0.05, 0) is 74.9 Å². The smallest absolute Gasteiger partial charge is 0.272 e. The van der Waals surface area contributed by atoms with Gasteiger partial charge < -0.3 is 4.90 Å². The summed E-state index contributed by atoms with van der Waals surface area (Å²) in [4.78, 5) is 25.9. The average molecular weight is 364 g/mol. The molecular weight excluding hydrogens is 336 g/mol. The topological polar surface area (TPSA) is 49.3 Å². The first-order chi connectivity index (χ1) is 13.2. The van der Waals surface area contributed by atoms with Crippen molar-refractivity contribution < 1.29 is 4.79 Å². The monoisotopic (exact) mass is 364 g/mol. The van der Waals surface area contributed by atoms with Crippen LogP contribution in [-0.2, 0) is 6.54 Å². The van der Waals surface area contributed by atoms with Gasteiger partial charge in [0.25, 0.3) is 5.91 Å². The molecule has 2 saturated heterocycles. The maximum Gasteiger partial charge on any atom is 0.272 e. The molecule has 1 amide bonds. The van der Waals surface area contributed by atoms with E-state index in [9.17, 15) is 4.79 Å². The molecule has 5 heteroatoms. The molecule has 0 radical (unpaired) electrons. The lowest BCUT2D eigenvalue weighted by Gasteiger charge is -2.34. The van der Waals surface area contributed by atoms with E-state index in [-0.39, 0.29) is 5.91 Å². The summed E-state index contributed by atoms with van der Waals surface area (Å²) in [7, 11) is 0. The fourth-order valence-corrected chi connectivity index (χ4v) is 4.51. The molecule has 0 spiro atoms. The molecule has 27 heavy (non-hydrogen) atoms. The van der Waals surface area contributed by atoms with Crippen LogP contribution in [0.25, 0.3) is 0 Å². The Labute approximate surface area is 161 Å². The molecule has 0 saturated carbocycles. The highest BCUT2D eigenvalue weighted by Crippen LogP contribution is 2.32. The number of piperidine rings is 1. The van der Waals surface area contributed by atoms with E-state index in [1.54, 1.807) is 0 Å². The molecule has 1 atom stereocenters. The molecule has 0 bridgehead atoms. The van der Waals surface area contributed by atoms with Crippen molar-refractivity contribution >= 4 is 5.91 Å². The highest BCUT2D eigenvalue weighted by atomic mass is 16.2. The van der Waals surface area contributed by atoms with Gasteiger partial charge in [-0.3, -0.25) is 14.7 Å². The van der Waals surface area contributed by atoms with Crippen molar-refractivity contribution in [2.75, 3.05) is 26.2 Å². The lowest BCUT2D eigenvalue weighted by Crippen LogP contribution is -2.37. The predicted molar refractivity (Wildman–Crippen MR) is 105 cm³/mol. The van der Waals surface area contributed by atoms with Crippen molar-refractivity contribution in [3.8, 4) is 0 Å². The third kappa shape index (κ3) is 4.35. The van der Waals surface area contributed by atoms with Gasteiger partial charge in [0.1, 0.15) is 5.69 Å². The van der Waals surface area contributed by atoms with Gasteiger partial charge in [-0.2, -0.15) is 0 Å². The van der Waals surface area contributed by atoms with E-state index < -0.39 is 0 Å². The Balaban J connectivity index is 1.28. The first-order valence-electron chi connectivity index (χ1n) is 10.0. The molecule has 2 aliphatic heterocycles. The fraction of sp³-hybridized carbons (Fsp3) is 0.500. The van der Waals surface area contributed by atoms with Gasteiger partial charge in [0, 0.05) is 37.7 Å². The van der Waals surface area contributed by atoms with Crippen molar-refractivity contribution in [1.82, 2.24) is 19.8 Å². The number of amides is 1. The molecule has 4 rings (SSSR count). The molecule has 2 aromatic rings. The number of likely N-dealkylation sites (tertiary alicyclic amines) is 2.